The summed E-state index contributed by atoms with van der Waals surface area (Å²) in [6.45, 7) is 3.45. The van der Waals surface area contributed by atoms with E-state index in [4.69, 9.17) is 5.73 Å². The lowest BCUT2D eigenvalue weighted by Crippen LogP contribution is -2.46. The Kier molecular flexibility index (Phi) is 3.98. The van der Waals surface area contributed by atoms with Crippen molar-refractivity contribution in [2.75, 3.05) is 31.9 Å². The number of anilines is 1. The van der Waals surface area contributed by atoms with Crippen molar-refractivity contribution < 1.29 is 4.79 Å². The van der Waals surface area contributed by atoms with Gasteiger partial charge >= 0.3 is 0 Å². The highest BCUT2D eigenvalue weighted by atomic mass is 16.2. The van der Waals surface area contributed by atoms with Crippen LogP contribution in [0.3, 0.4) is 0 Å². The predicted octanol–water partition coefficient (Wildman–Crippen LogP) is 0.633. The number of carbonyl (C=O) groups excluding carboxylic acids is 1. The molecule has 1 aliphatic heterocycles. The standard InChI is InChI=1S/C13H19N3O/c14-12-4-2-1-3-11(12)5-6-13(17)16-9-7-15-8-10-16/h1-4,15H,5-10,14H2. The first kappa shape index (κ1) is 11.9. The molecule has 0 atom stereocenters. The van der Waals surface area contributed by atoms with Crippen molar-refractivity contribution in [1.82, 2.24) is 10.2 Å². The average Bonchev–Trinajstić information content (AvgIpc) is 2.38. The number of nitrogen functional groups attached to an aromatic ring is 1. The number of hydrogen-bond acceptors (Lipinski definition) is 3. The summed E-state index contributed by atoms with van der Waals surface area (Å²) in [6, 6.07) is 7.74. The van der Waals surface area contributed by atoms with Crippen LogP contribution in [0.4, 0.5) is 5.69 Å². The van der Waals surface area contributed by atoms with E-state index in [2.05, 4.69) is 5.32 Å². The molecular weight excluding hydrogens is 214 g/mol. The monoisotopic (exact) mass is 233 g/mol. The highest BCUT2D eigenvalue weighted by Gasteiger charge is 2.15. The van der Waals surface area contributed by atoms with E-state index in [-0.39, 0.29) is 5.91 Å². The number of nitrogens with zero attached hydrogens (tertiary/aromatic N) is 1. The van der Waals surface area contributed by atoms with Gasteiger partial charge in [-0.05, 0) is 18.1 Å². The Bertz CT molecular complexity index is 386. The Morgan fingerprint density at radius 3 is 2.71 bits per heavy atom. The molecule has 1 saturated heterocycles. The molecule has 0 radical (unpaired) electrons. The van der Waals surface area contributed by atoms with Gasteiger partial charge in [0.2, 0.25) is 5.91 Å². The summed E-state index contributed by atoms with van der Waals surface area (Å²) in [4.78, 5) is 13.9. The van der Waals surface area contributed by atoms with Crippen LogP contribution in [0, 0.1) is 0 Å². The van der Waals surface area contributed by atoms with E-state index in [0.29, 0.717) is 6.42 Å². The summed E-state index contributed by atoms with van der Waals surface area (Å²) >= 11 is 0. The summed E-state index contributed by atoms with van der Waals surface area (Å²) in [5.74, 6) is 0.231. The molecule has 3 N–H and O–H groups in total. The van der Waals surface area contributed by atoms with Crippen LogP contribution in [-0.2, 0) is 11.2 Å². The number of para-hydroxylation sites is 1. The van der Waals surface area contributed by atoms with Crippen LogP contribution in [-0.4, -0.2) is 37.0 Å². The fourth-order valence-corrected chi connectivity index (χ4v) is 2.08. The van der Waals surface area contributed by atoms with Gasteiger partial charge in [-0.2, -0.15) is 0 Å². The smallest absolute Gasteiger partial charge is 0.222 e. The van der Waals surface area contributed by atoms with Crippen LogP contribution in [0.25, 0.3) is 0 Å². The molecule has 1 heterocycles. The fraction of sp³-hybridized carbons (Fsp3) is 0.462. The Morgan fingerprint density at radius 2 is 2.00 bits per heavy atom. The van der Waals surface area contributed by atoms with Crippen molar-refractivity contribution in [3.05, 3.63) is 29.8 Å². The zero-order chi connectivity index (χ0) is 12.1. The Labute approximate surface area is 102 Å². The van der Waals surface area contributed by atoms with Crippen LogP contribution >= 0.6 is 0 Å². The van der Waals surface area contributed by atoms with Gasteiger partial charge in [-0.25, -0.2) is 0 Å². The van der Waals surface area contributed by atoms with Crippen molar-refractivity contribution in [2.45, 2.75) is 12.8 Å². The van der Waals surface area contributed by atoms with Crippen molar-refractivity contribution in [3.63, 3.8) is 0 Å². The maximum atomic E-state index is 11.9. The predicted molar refractivity (Wildman–Crippen MR) is 68.6 cm³/mol. The Hall–Kier alpha value is -1.55. The number of piperazine rings is 1. The second-order valence-electron chi connectivity index (χ2n) is 4.33. The molecule has 1 aliphatic rings. The molecule has 1 fully saturated rings. The van der Waals surface area contributed by atoms with Gasteiger partial charge in [-0.15, -0.1) is 0 Å². The zero-order valence-corrected chi connectivity index (χ0v) is 9.98. The first-order chi connectivity index (χ1) is 8.27. The number of hydrogen-bond donors (Lipinski definition) is 2. The van der Waals surface area contributed by atoms with Crippen molar-refractivity contribution in [1.29, 1.82) is 0 Å². The number of aryl methyl sites for hydroxylation is 1. The van der Waals surface area contributed by atoms with E-state index in [1.165, 1.54) is 0 Å². The number of rotatable bonds is 3. The average molecular weight is 233 g/mol. The summed E-state index contributed by atoms with van der Waals surface area (Å²) < 4.78 is 0. The molecule has 0 unspecified atom stereocenters. The third kappa shape index (κ3) is 3.20. The maximum absolute atomic E-state index is 11.9. The largest absolute Gasteiger partial charge is 0.399 e. The van der Waals surface area contributed by atoms with Gasteiger partial charge < -0.3 is 16.0 Å². The number of carbonyl (C=O) groups is 1. The Morgan fingerprint density at radius 1 is 1.29 bits per heavy atom. The minimum atomic E-state index is 0.231. The number of nitrogens with two attached hydrogens (primary N) is 1. The SMILES string of the molecule is Nc1ccccc1CCC(=O)N1CCNCC1. The molecule has 0 aromatic heterocycles. The number of benzene rings is 1. The van der Waals surface area contributed by atoms with E-state index in [1.807, 2.05) is 29.2 Å². The van der Waals surface area contributed by atoms with E-state index in [0.717, 1.165) is 43.9 Å². The molecule has 0 saturated carbocycles. The fourth-order valence-electron chi connectivity index (χ4n) is 2.08. The molecule has 1 aromatic rings. The molecule has 92 valence electrons. The molecule has 0 aliphatic carbocycles. The molecule has 1 amide bonds. The molecule has 17 heavy (non-hydrogen) atoms. The van der Waals surface area contributed by atoms with Gasteiger partial charge in [0.1, 0.15) is 0 Å². The summed E-state index contributed by atoms with van der Waals surface area (Å²) in [5.41, 5.74) is 7.69. The molecular formula is C13H19N3O. The summed E-state index contributed by atoms with van der Waals surface area (Å²) in [7, 11) is 0. The van der Waals surface area contributed by atoms with Crippen LogP contribution in [0.1, 0.15) is 12.0 Å². The highest BCUT2D eigenvalue weighted by molar-refractivity contribution is 5.76. The lowest BCUT2D eigenvalue weighted by molar-refractivity contribution is -0.131. The minimum absolute atomic E-state index is 0.231. The van der Waals surface area contributed by atoms with Gasteiger partial charge in [0.05, 0.1) is 0 Å². The van der Waals surface area contributed by atoms with Crippen LogP contribution in [0.2, 0.25) is 0 Å². The van der Waals surface area contributed by atoms with E-state index < -0.39 is 0 Å². The zero-order valence-electron chi connectivity index (χ0n) is 9.98. The Balaban J connectivity index is 1.85. The molecule has 0 spiro atoms. The van der Waals surface area contributed by atoms with Crippen molar-refractivity contribution >= 4 is 11.6 Å². The molecule has 2 rings (SSSR count). The van der Waals surface area contributed by atoms with E-state index in [9.17, 15) is 4.79 Å². The van der Waals surface area contributed by atoms with Crippen LogP contribution in [0.5, 0.6) is 0 Å². The third-order valence-electron chi connectivity index (χ3n) is 3.13. The lowest BCUT2D eigenvalue weighted by Gasteiger charge is -2.27. The molecule has 0 bridgehead atoms. The maximum Gasteiger partial charge on any atom is 0.222 e. The number of nitrogens with one attached hydrogen (secondary N) is 1. The van der Waals surface area contributed by atoms with Gasteiger partial charge in [0.25, 0.3) is 0 Å². The first-order valence-corrected chi connectivity index (χ1v) is 6.09. The van der Waals surface area contributed by atoms with E-state index >= 15 is 0 Å². The van der Waals surface area contributed by atoms with Crippen LogP contribution < -0.4 is 11.1 Å². The molecule has 4 heteroatoms. The topological polar surface area (TPSA) is 58.4 Å². The van der Waals surface area contributed by atoms with Gasteiger partial charge in [-0.1, -0.05) is 18.2 Å². The van der Waals surface area contributed by atoms with E-state index in [1.54, 1.807) is 0 Å². The van der Waals surface area contributed by atoms with Crippen LogP contribution in [0.15, 0.2) is 24.3 Å². The van der Waals surface area contributed by atoms with Gasteiger partial charge in [-0.3, -0.25) is 4.79 Å². The van der Waals surface area contributed by atoms with Gasteiger partial charge in [0.15, 0.2) is 0 Å². The first-order valence-electron chi connectivity index (χ1n) is 6.09. The quantitative estimate of drug-likeness (QED) is 0.753. The van der Waals surface area contributed by atoms with Crippen molar-refractivity contribution in [3.8, 4) is 0 Å². The summed E-state index contributed by atoms with van der Waals surface area (Å²) in [5, 5.41) is 3.24. The van der Waals surface area contributed by atoms with Crippen molar-refractivity contribution in [2.24, 2.45) is 0 Å². The second-order valence-corrected chi connectivity index (χ2v) is 4.33. The minimum Gasteiger partial charge on any atom is -0.399 e. The number of amides is 1. The normalized spacial score (nSPS) is 15.9. The summed E-state index contributed by atoms with van der Waals surface area (Å²) in [6.07, 6.45) is 1.28. The molecule has 4 nitrogen and oxygen atoms in total. The highest BCUT2D eigenvalue weighted by Crippen LogP contribution is 2.13. The molecule has 1 aromatic carbocycles. The van der Waals surface area contributed by atoms with Gasteiger partial charge in [0, 0.05) is 38.3 Å². The third-order valence-corrected chi connectivity index (χ3v) is 3.13. The lowest BCUT2D eigenvalue weighted by atomic mass is 10.1. The second kappa shape index (κ2) is 5.68.